The molecule has 1 fully saturated rings. The summed E-state index contributed by atoms with van der Waals surface area (Å²) in [6, 6.07) is 11.3. The number of aromatic nitrogens is 1. The predicted molar refractivity (Wildman–Crippen MR) is 97.6 cm³/mol. The Balaban J connectivity index is 1.53. The Morgan fingerprint density at radius 1 is 1.15 bits per heavy atom. The molecule has 1 N–H and O–H groups in total. The number of carbonyl (C=O) groups is 1. The van der Waals surface area contributed by atoms with Crippen LogP contribution in [0.2, 0.25) is 0 Å². The second-order valence-electron chi connectivity index (χ2n) is 6.45. The third-order valence-corrected chi connectivity index (χ3v) is 4.72. The van der Waals surface area contributed by atoms with Crippen LogP contribution in [-0.2, 0) is 0 Å². The Morgan fingerprint density at radius 2 is 2.12 bits per heavy atom. The van der Waals surface area contributed by atoms with Crippen molar-refractivity contribution in [1.29, 1.82) is 0 Å². The second-order valence-corrected chi connectivity index (χ2v) is 6.45. The van der Waals surface area contributed by atoms with Gasteiger partial charge in [-0.05, 0) is 37.1 Å². The summed E-state index contributed by atoms with van der Waals surface area (Å²) in [5.41, 5.74) is 1.60. The molecule has 2 aromatic heterocycles. The van der Waals surface area contributed by atoms with E-state index in [1.165, 1.54) is 6.39 Å². The number of rotatable bonds is 3. The molecular formula is C20H21N3O3. The van der Waals surface area contributed by atoms with Gasteiger partial charge < -0.3 is 19.1 Å². The molecule has 26 heavy (non-hydrogen) atoms. The fourth-order valence-corrected chi connectivity index (χ4v) is 3.43. The molecule has 6 nitrogen and oxygen atoms in total. The molecule has 1 aliphatic heterocycles. The summed E-state index contributed by atoms with van der Waals surface area (Å²) < 4.78 is 10.9. The van der Waals surface area contributed by atoms with Gasteiger partial charge in [0.25, 0.3) is 0 Å². The Hall–Kier alpha value is -3.02. The molecule has 1 aromatic carbocycles. The minimum atomic E-state index is -0.108. The van der Waals surface area contributed by atoms with Gasteiger partial charge >= 0.3 is 6.03 Å². The molecule has 0 saturated carbocycles. The van der Waals surface area contributed by atoms with Gasteiger partial charge in [-0.1, -0.05) is 25.0 Å². The molecule has 0 unspecified atom stereocenters. The van der Waals surface area contributed by atoms with Crippen LogP contribution in [0.3, 0.4) is 0 Å². The van der Waals surface area contributed by atoms with Crippen molar-refractivity contribution in [2.24, 2.45) is 0 Å². The molecule has 0 spiro atoms. The molecule has 1 atom stereocenters. The van der Waals surface area contributed by atoms with E-state index in [0.717, 1.165) is 49.2 Å². The Morgan fingerprint density at radius 3 is 2.92 bits per heavy atom. The molecule has 2 amide bonds. The van der Waals surface area contributed by atoms with Gasteiger partial charge in [-0.2, -0.15) is 0 Å². The number of hydrogen-bond acceptors (Lipinski definition) is 4. The van der Waals surface area contributed by atoms with Crippen LogP contribution in [0.5, 0.6) is 0 Å². The average molecular weight is 351 g/mol. The number of furan rings is 1. The molecule has 0 bridgehead atoms. The zero-order chi connectivity index (χ0) is 17.8. The van der Waals surface area contributed by atoms with Gasteiger partial charge in [-0.3, -0.25) is 0 Å². The van der Waals surface area contributed by atoms with Gasteiger partial charge in [0.05, 0.1) is 18.5 Å². The summed E-state index contributed by atoms with van der Waals surface area (Å²) in [5.74, 6) is 1.52. The topological polar surface area (TPSA) is 71.5 Å². The van der Waals surface area contributed by atoms with Crippen molar-refractivity contribution < 1.29 is 13.6 Å². The van der Waals surface area contributed by atoms with Crippen molar-refractivity contribution >= 4 is 11.7 Å². The zero-order valence-corrected chi connectivity index (χ0v) is 14.4. The van der Waals surface area contributed by atoms with Crippen LogP contribution < -0.4 is 5.32 Å². The fourth-order valence-electron chi connectivity index (χ4n) is 3.43. The lowest BCUT2D eigenvalue weighted by atomic mass is 10.1. The average Bonchev–Trinajstić information content (AvgIpc) is 3.32. The number of nitrogens with zero attached hydrogens (tertiary/aromatic N) is 2. The van der Waals surface area contributed by atoms with Gasteiger partial charge in [0.1, 0.15) is 5.76 Å². The van der Waals surface area contributed by atoms with Crippen LogP contribution in [0.15, 0.2) is 64.1 Å². The Kier molecular flexibility index (Phi) is 4.73. The summed E-state index contributed by atoms with van der Waals surface area (Å²) in [7, 11) is 0. The molecule has 3 aromatic rings. The van der Waals surface area contributed by atoms with Crippen molar-refractivity contribution in [1.82, 2.24) is 9.88 Å². The molecular weight excluding hydrogens is 330 g/mol. The summed E-state index contributed by atoms with van der Waals surface area (Å²) in [4.78, 5) is 18.8. The second kappa shape index (κ2) is 7.47. The van der Waals surface area contributed by atoms with E-state index in [1.807, 2.05) is 41.3 Å². The number of benzene rings is 1. The van der Waals surface area contributed by atoms with Crippen LogP contribution >= 0.6 is 0 Å². The first kappa shape index (κ1) is 16.4. The van der Waals surface area contributed by atoms with Crippen molar-refractivity contribution in [3.63, 3.8) is 0 Å². The fraction of sp³-hybridized carbons (Fsp3) is 0.300. The van der Waals surface area contributed by atoms with Crippen LogP contribution in [0.4, 0.5) is 10.5 Å². The van der Waals surface area contributed by atoms with E-state index >= 15 is 0 Å². The minimum Gasteiger partial charge on any atom is -0.467 e. The molecule has 6 heteroatoms. The minimum absolute atomic E-state index is 0.0232. The highest BCUT2D eigenvalue weighted by Gasteiger charge is 2.28. The maximum Gasteiger partial charge on any atom is 0.322 e. The molecule has 0 aliphatic carbocycles. The summed E-state index contributed by atoms with van der Waals surface area (Å²) in [6.45, 7) is 0.721. The molecule has 134 valence electrons. The lowest BCUT2D eigenvalue weighted by Crippen LogP contribution is -2.37. The van der Waals surface area contributed by atoms with Crippen molar-refractivity contribution in [3.8, 4) is 11.3 Å². The summed E-state index contributed by atoms with van der Waals surface area (Å²) in [5, 5.41) is 3.02. The van der Waals surface area contributed by atoms with E-state index in [0.29, 0.717) is 5.76 Å². The number of anilines is 1. The van der Waals surface area contributed by atoms with E-state index in [-0.39, 0.29) is 12.1 Å². The molecule has 4 rings (SSSR count). The van der Waals surface area contributed by atoms with Crippen LogP contribution in [0.25, 0.3) is 11.3 Å². The molecule has 0 radical (unpaired) electrons. The normalized spacial score (nSPS) is 17.7. The highest BCUT2D eigenvalue weighted by Crippen LogP contribution is 2.31. The third-order valence-electron chi connectivity index (χ3n) is 4.72. The van der Waals surface area contributed by atoms with E-state index in [4.69, 9.17) is 8.83 Å². The van der Waals surface area contributed by atoms with E-state index < -0.39 is 0 Å². The van der Waals surface area contributed by atoms with Gasteiger partial charge in [-0.15, -0.1) is 0 Å². The van der Waals surface area contributed by atoms with E-state index in [2.05, 4.69) is 10.3 Å². The molecule has 1 saturated heterocycles. The van der Waals surface area contributed by atoms with Crippen molar-refractivity contribution in [2.75, 3.05) is 11.9 Å². The number of urea groups is 1. The first-order valence-electron chi connectivity index (χ1n) is 8.91. The Bertz CT molecular complexity index is 843. The summed E-state index contributed by atoms with van der Waals surface area (Å²) in [6.07, 6.45) is 8.85. The quantitative estimate of drug-likeness (QED) is 0.714. The zero-order valence-electron chi connectivity index (χ0n) is 14.4. The maximum atomic E-state index is 13.0. The van der Waals surface area contributed by atoms with Crippen LogP contribution in [-0.4, -0.2) is 22.5 Å². The smallest absolute Gasteiger partial charge is 0.322 e. The monoisotopic (exact) mass is 351 g/mol. The van der Waals surface area contributed by atoms with Crippen LogP contribution in [0.1, 0.15) is 37.5 Å². The van der Waals surface area contributed by atoms with Crippen molar-refractivity contribution in [2.45, 2.75) is 31.7 Å². The number of oxazole rings is 1. The van der Waals surface area contributed by atoms with E-state index in [1.54, 1.807) is 12.5 Å². The third kappa shape index (κ3) is 3.49. The Labute approximate surface area is 151 Å². The van der Waals surface area contributed by atoms with Gasteiger partial charge in [0.15, 0.2) is 12.2 Å². The lowest BCUT2D eigenvalue weighted by molar-refractivity contribution is 0.179. The van der Waals surface area contributed by atoms with Crippen molar-refractivity contribution in [3.05, 3.63) is 61.0 Å². The number of likely N-dealkylation sites (tertiary alicyclic amines) is 1. The van der Waals surface area contributed by atoms with Gasteiger partial charge in [0.2, 0.25) is 0 Å². The standard InChI is InChI=1S/C20H21N3O3/c24-20(22-16-7-4-6-15(12-16)19-13-21-14-26-19)23-10-3-1-2-8-17(23)18-9-5-11-25-18/h4-7,9,11-14,17H,1-3,8,10H2,(H,22,24)/t17-/m1/s1. The number of carbonyl (C=O) groups excluding carboxylic acids is 1. The number of nitrogens with one attached hydrogen (secondary N) is 1. The molecule has 3 heterocycles. The van der Waals surface area contributed by atoms with Crippen LogP contribution in [0, 0.1) is 0 Å². The SMILES string of the molecule is O=C(Nc1cccc(-c2cnco2)c1)N1CCCCC[C@@H]1c1ccco1. The first-order valence-corrected chi connectivity index (χ1v) is 8.91. The number of amides is 2. The van der Waals surface area contributed by atoms with Gasteiger partial charge in [0, 0.05) is 17.8 Å². The lowest BCUT2D eigenvalue weighted by Gasteiger charge is -2.28. The largest absolute Gasteiger partial charge is 0.467 e. The first-order chi connectivity index (χ1) is 12.8. The van der Waals surface area contributed by atoms with E-state index in [9.17, 15) is 4.79 Å². The highest BCUT2D eigenvalue weighted by atomic mass is 16.3. The number of hydrogen-bond donors (Lipinski definition) is 1. The predicted octanol–water partition coefficient (Wildman–Crippen LogP) is 5.08. The summed E-state index contributed by atoms with van der Waals surface area (Å²) >= 11 is 0. The molecule has 1 aliphatic rings. The highest BCUT2D eigenvalue weighted by molar-refractivity contribution is 5.90. The maximum absolute atomic E-state index is 13.0. The van der Waals surface area contributed by atoms with Gasteiger partial charge in [-0.25, -0.2) is 9.78 Å².